The summed E-state index contributed by atoms with van der Waals surface area (Å²) in [6.45, 7) is 1.91. The predicted octanol–water partition coefficient (Wildman–Crippen LogP) is 0.0387. The van der Waals surface area contributed by atoms with Crippen molar-refractivity contribution in [1.29, 1.82) is 0 Å². The summed E-state index contributed by atoms with van der Waals surface area (Å²) >= 11 is 0. The number of quaternary nitrogens is 1. The molecule has 0 aliphatic carbocycles. The molecule has 0 saturated heterocycles. The minimum atomic E-state index is -3.25. The molecule has 0 unspecified atom stereocenters. The summed E-state index contributed by atoms with van der Waals surface area (Å²) < 4.78 is 23.3. The molecule has 2 N–H and O–H groups in total. The van der Waals surface area contributed by atoms with Crippen molar-refractivity contribution in [1.82, 2.24) is 0 Å². The molecule has 3 nitrogen and oxygen atoms in total. The Labute approximate surface area is 72.5 Å². The highest BCUT2D eigenvalue weighted by molar-refractivity contribution is 7.84. The first-order chi connectivity index (χ1) is 5.56. The first-order valence-electron chi connectivity index (χ1n) is 3.50. The molecule has 0 spiro atoms. The van der Waals surface area contributed by atoms with Crippen molar-refractivity contribution >= 4 is 10.0 Å². The van der Waals surface area contributed by atoms with Crippen LogP contribution in [0.15, 0.2) is 29.2 Å². The minimum Gasteiger partial charge on any atom is -0.367 e. The Kier molecular flexibility index (Phi) is 2.49. The molecule has 0 bridgehead atoms. The molecule has 0 amide bonds. The van der Waals surface area contributed by atoms with Gasteiger partial charge in [-0.1, -0.05) is 17.7 Å². The Morgan fingerprint density at radius 1 is 1.25 bits per heavy atom. The van der Waals surface area contributed by atoms with Crippen LogP contribution in [0.5, 0.6) is 0 Å². The molecule has 0 aliphatic heterocycles. The van der Waals surface area contributed by atoms with Crippen molar-refractivity contribution in [3.8, 4) is 0 Å². The van der Waals surface area contributed by atoms with E-state index >= 15 is 0 Å². The Hall–Kier alpha value is -0.870. The van der Waals surface area contributed by atoms with Crippen LogP contribution < -0.4 is 4.72 Å². The average molecular weight is 185 g/mol. The molecule has 1 aromatic carbocycles. The number of nitrogens with two attached hydrogens (primary N) is 1. The highest BCUT2D eigenvalue weighted by Crippen LogP contribution is 2.06. The maximum absolute atomic E-state index is 11.2. The molecule has 0 heterocycles. The van der Waals surface area contributed by atoms with Crippen LogP contribution in [0.3, 0.4) is 0 Å². The second-order valence-corrected chi connectivity index (χ2v) is 4.42. The Morgan fingerprint density at radius 2 is 1.75 bits per heavy atom. The van der Waals surface area contributed by atoms with Crippen LogP contribution in [-0.2, 0) is 10.0 Å². The molecule has 12 heavy (non-hydrogen) atoms. The van der Waals surface area contributed by atoms with Gasteiger partial charge in [-0.05, 0) is 19.1 Å². The van der Waals surface area contributed by atoms with Gasteiger partial charge in [-0.15, -0.1) is 7.05 Å². The second kappa shape index (κ2) is 3.25. The second-order valence-electron chi connectivity index (χ2n) is 2.52. The summed E-state index contributed by atoms with van der Waals surface area (Å²) in [6.07, 6.45) is 0. The van der Waals surface area contributed by atoms with E-state index in [9.17, 15) is 8.42 Å². The smallest absolute Gasteiger partial charge is 0.299 e. The largest absolute Gasteiger partial charge is 0.367 e. The Bertz CT molecular complexity index is 353. The van der Waals surface area contributed by atoms with Crippen molar-refractivity contribution in [2.75, 3.05) is 0 Å². The Morgan fingerprint density at radius 3 is 2.17 bits per heavy atom. The SMILES string of the molecule is [CH2-][NH2+]S(=O)(=O)c1ccc(C)cc1. The summed E-state index contributed by atoms with van der Waals surface area (Å²) in [5, 5.41) is 0. The first-order valence-corrected chi connectivity index (χ1v) is 5.05. The molecular weight excluding hydrogens is 174 g/mol. The molecule has 1 rings (SSSR count). The van der Waals surface area contributed by atoms with Crippen molar-refractivity contribution < 1.29 is 13.1 Å². The monoisotopic (exact) mass is 185 g/mol. The van der Waals surface area contributed by atoms with Crippen LogP contribution >= 0.6 is 0 Å². The van der Waals surface area contributed by atoms with Crippen LogP contribution in [0.4, 0.5) is 0 Å². The van der Waals surface area contributed by atoms with Gasteiger partial charge in [0.2, 0.25) is 0 Å². The fraction of sp³-hybridized carbons (Fsp3) is 0.125. The van der Waals surface area contributed by atoms with E-state index in [2.05, 4.69) is 7.05 Å². The normalized spacial score (nSPS) is 11.5. The topological polar surface area (TPSA) is 50.8 Å². The summed E-state index contributed by atoms with van der Waals surface area (Å²) in [5.41, 5.74) is 1.04. The van der Waals surface area contributed by atoms with Gasteiger partial charge in [0.25, 0.3) is 10.0 Å². The molecular formula is C8H11NO2S. The lowest BCUT2D eigenvalue weighted by atomic mass is 10.2. The molecule has 0 radical (unpaired) electrons. The van der Waals surface area contributed by atoms with Gasteiger partial charge in [-0.25, -0.2) is 0 Å². The molecule has 0 fully saturated rings. The van der Waals surface area contributed by atoms with E-state index in [-0.39, 0.29) is 0 Å². The molecule has 0 aromatic heterocycles. The van der Waals surface area contributed by atoms with Gasteiger partial charge in [-0.2, -0.15) is 8.42 Å². The lowest BCUT2D eigenvalue weighted by molar-refractivity contribution is -0.424. The quantitative estimate of drug-likeness (QED) is 0.661. The maximum atomic E-state index is 11.2. The van der Waals surface area contributed by atoms with Crippen LogP contribution in [0.25, 0.3) is 0 Å². The minimum absolute atomic E-state index is 0.295. The van der Waals surface area contributed by atoms with Gasteiger partial charge in [0.1, 0.15) is 4.90 Å². The average Bonchev–Trinajstić information content (AvgIpc) is 2.05. The zero-order valence-electron chi connectivity index (χ0n) is 6.82. The van der Waals surface area contributed by atoms with E-state index in [1.807, 2.05) is 6.92 Å². The van der Waals surface area contributed by atoms with Gasteiger partial charge in [-0.3, -0.25) is 0 Å². The summed E-state index contributed by atoms with van der Waals surface area (Å²) in [6, 6.07) is 6.67. The third kappa shape index (κ3) is 1.84. The van der Waals surface area contributed by atoms with Gasteiger partial charge < -0.3 is 4.72 Å². The van der Waals surface area contributed by atoms with Gasteiger partial charge in [0.15, 0.2) is 0 Å². The fourth-order valence-corrected chi connectivity index (χ4v) is 1.53. The summed E-state index contributed by atoms with van der Waals surface area (Å²) in [4.78, 5) is 0.295. The van der Waals surface area contributed by atoms with Gasteiger partial charge >= 0.3 is 0 Å². The summed E-state index contributed by atoms with van der Waals surface area (Å²) in [5.74, 6) is 0. The molecule has 0 saturated carbocycles. The number of hydrogen-bond acceptors (Lipinski definition) is 2. The van der Waals surface area contributed by atoms with E-state index in [1.54, 1.807) is 24.3 Å². The van der Waals surface area contributed by atoms with E-state index in [0.29, 0.717) is 4.90 Å². The standard InChI is InChI=1S/C8H11NO2S/c1-7-3-5-8(6-4-7)12(10,11)9-2/h3-6H,2,9H2,1H3. The maximum Gasteiger partial charge on any atom is 0.299 e. The zero-order valence-corrected chi connectivity index (χ0v) is 7.64. The highest BCUT2D eigenvalue weighted by atomic mass is 32.2. The Balaban J connectivity index is 3.14. The van der Waals surface area contributed by atoms with Crippen molar-refractivity contribution in [2.24, 2.45) is 0 Å². The van der Waals surface area contributed by atoms with E-state index < -0.39 is 10.0 Å². The number of rotatable bonds is 2. The molecule has 4 heteroatoms. The van der Waals surface area contributed by atoms with E-state index in [1.165, 1.54) is 0 Å². The number of aryl methyl sites for hydroxylation is 1. The molecule has 0 atom stereocenters. The fourth-order valence-electron chi connectivity index (χ4n) is 0.824. The molecule has 1 aromatic rings. The van der Waals surface area contributed by atoms with Crippen molar-refractivity contribution in [3.63, 3.8) is 0 Å². The number of hydrogen-bond donors (Lipinski definition) is 1. The highest BCUT2D eigenvalue weighted by Gasteiger charge is 2.10. The van der Waals surface area contributed by atoms with Crippen LogP contribution in [0.1, 0.15) is 5.56 Å². The predicted molar refractivity (Wildman–Crippen MR) is 45.6 cm³/mol. The first kappa shape index (κ1) is 9.22. The van der Waals surface area contributed by atoms with Crippen molar-refractivity contribution in [2.45, 2.75) is 11.8 Å². The van der Waals surface area contributed by atoms with E-state index in [0.717, 1.165) is 10.3 Å². The lowest BCUT2D eigenvalue weighted by Crippen LogP contribution is -2.80. The summed E-state index contributed by atoms with van der Waals surface area (Å²) in [7, 11) is -0.00786. The molecule has 66 valence electrons. The van der Waals surface area contributed by atoms with Gasteiger partial charge in [0.05, 0.1) is 0 Å². The number of sulfonamides is 1. The third-order valence-corrected chi connectivity index (χ3v) is 2.94. The number of benzene rings is 1. The van der Waals surface area contributed by atoms with Crippen LogP contribution in [-0.4, -0.2) is 8.42 Å². The third-order valence-electron chi connectivity index (χ3n) is 1.57. The van der Waals surface area contributed by atoms with E-state index in [4.69, 9.17) is 0 Å². The van der Waals surface area contributed by atoms with Crippen LogP contribution in [0.2, 0.25) is 0 Å². The number of primary sulfonamides is 1. The zero-order chi connectivity index (χ0) is 9.19. The van der Waals surface area contributed by atoms with Gasteiger partial charge in [0, 0.05) is 0 Å². The lowest BCUT2D eigenvalue weighted by Gasteiger charge is -2.01. The van der Waals surface area contributed by atoms with Crippen molar-refractivity contribution in [3.05, 3.63) is 36.9 Å². The van der Waals surface area contributed by atoms with Crippen LogP contribution in [0, 0.1) is 14.0 Å². The molecule has 0 aliphatic rings.